The number of nitrogens with zero attached hydrogens (tertiary/aromatic N) is 6. The minimum atomic E-state index is 0.117. The third-order valence-corrected chi connectivity index (χ3v) is 7.19. The van der Waals surface area contributed by atoms with E-state index < -0.39 is 0 Å². The number of pyridine rings is 1. The first-order valence-corrected chi connectivity index (χ1v) is 12.3. The van der Waals surface area contributed by atoms with Gasteiger partial charge in [-0.05, 0) is 43.1 Å². The Morgan fingerprint density at radius 1 is 1.14 bits per heavy atom. The van der Waals surface area contributed by atoms with Crippen molar-refractivity contribution in [2.45, 2.75) is 32.4 Å². The van der Waals surface area contributed by atoms with Crippen molar-refractivity contribution in [3.63, 3.8) is 0 Å². The molecule has 1 aromatic carbocycles. The molecule has 0 aliphatic carbocycles. The second-order valence-corrected chi connectivity index (χ2v) is 9.34. The van der Waals surface area contributed by atoms with Crippen LogP contribution in [0.5, 0.6) is 0 Å². The van der Waals surface area contributed by atoms with Crippen LogP contribution in [0, 0.1) is 0 Å². The molecule has 0 bridgehead atoms. The third kappa shape index (κ3) is 4.27. The minimum Gasteiger partial charge on any atom is -0.361 e. The first-order valence-electron chi connectivity index (χ1n) is 12.3. The quantitative estimate of drug-likeness (QED) is 0.475. The lowest BCUT2D eigenvalue weighted by molar-refractivity contribution is -0.129. The highest BCUT2D eigenvalue weighted by molar-refractivity contribution is 5.83. The van der Waals surface area contributed by atoms with Crippen molar-refractivity contribution < 1.29 is 9.32 Å². The molecule has 1 amide bonds. The highest BCUT2D eigenvalue weighted by atomic mass is 16.5. The molecule has 9 nitrogen and oxygen atoms in total. The molecule has 0 saturated carbocycles. The van der Waals surface area contributed by atoms with Crippen molar-refractivity contribution in [1.29, 1.82) is 0 Å². The molecule has 2 fully saturated rings. The van der Waals surface area contributed by atoms with Gasteiger partial charge in [0.25, 0.3) is 0 Å². The van der Waals surface area contributed by atoms with Crippen molar-refractivity contribution in [3.8, 4) is 11.4 Å². The van der Waals surface area contributed by atoms with Gasteiger partial charge in [0.1, 0.15) is 5.82 Å². The van der Waals surface area contributed by atoms with Crippen LogP contribution in [-0.4, -0.2) is 68.5 Å². The van der Waals surface area contributed by atoms with E-state index in [0.29, 0.717) is 24.8 Å². The Morgan fingerprint density at radius 3 is 2.86 bits per heavy atom. The van der Waals surface area contributed by atoms with Gasteiger partial charge in [0, 0.05) is 68.5 Å². The molecule has 1 unspecified atom stereocenters. The highest BCUT2D eigenvalue weighted by Crippen LogP contribution is 2.34. The number of likely N-dealkylation sites (tertiary alicyclic amines) is 1. The molecule has 2 aliphatic rings. The first-order chi connectivity index (χ1) is 17.2. The number of aromatic nitrogens is 4. The number of benzene rings is 1. The summed E-state index contributed by atoms with van der Waals surface area (Å²) < 4.78 is 5.78. The van der Waals surface area contributed by atoms with E-state index >= 15 is 0 Å². The average Bonchev–Trinajstić information content (AvgIpc) is 3.65. The second-order valence-electron chi connectivity index (χ2n) is 9.34. The van der Waals surface area contributed by atoms with Crippen LogP contribution in [0.2, 0.25) is 0 Å². The molecular formula is C26H29N7O2. The fourth-order valence-electron chi connectivity index (χ4n) is 5.24. The molecule has 1 N–H and O–H groups in total. The number of rotatable bonds is 5. The monoisotopic (exact) mass is 471 g/mol. The maximum absolute atomic E-state index is 11.6. The summed E-state index contributed by atoms with van der Waals surface area (Å²) in [6.07, 6.45) is 6.01. The molecule has 4 aromatic rings. The van der Waals surface area contributed by atoms with Crippen LogP contribution in [-0.2, 0) is 11.3 Å². The lowest BCUT2D eigenvalue weighted by atomic mass is 10.1. The minimum absolute atomic E-state index is 0.117. The largest absolute Gasteiger partial charge is 0.361 e. The Hall–Kier alpha value is -3.72. The molecule has 5 heterocycles. The number of nitrogens with one attached hydrogen (secondary N) is 1. The Balaban J connectivity index is 1.18. The van der Waals surface area contributed by atoms with Crippen LogP contribution >= 0.6 is 0 Å². The van der Waals surface area contributed by atoms with Gasteiger partial charge in [-0.3, -0.25) is 9.69 Å². The van der Waals surface area contributed by atoms with Gasteiger partial charge in [-0.25, -0.2) is 4.98 Å². The Bertz CT molecular complexity index is 1340. The van der Waals surface area contributed by atoms with Crippen LogP contribution in [0.15, 0.2) is 53.3 Å². The number of anilines is 1. The topological polar surface area (TPSA) is 94.4 Å². The van der Waals surface area contributed by atoms with Gasteiger partial charge < -0.3 is 19.3 Å². The summed E-state index contributed by atoms with van der Waals surface area (Å²) >= 11 is 0. The van der Waals surface area contributed by atoms with Gasteiger partial charge in [0.15, 0.2) is 0 Å². The zero-order chi connectivity index (χ0) is 23.8. The van der Waals surface area contributed by atoms with Gasteiger partial charge in [-0.2, -0.15) is 4.98 Å². The van der Waals surface area contributed by atoms with Crippen molar-refractivity contribution >= 4 is 22.6 Å². The number of fused-ring (bicyclic) bond motifs is 1. The lowest BCUT2D eigenvalue weighted by Gasteiger charge is -2.34. The predicted molar refractivity (Wildman–Crippen MR) is 133 cm³/mol. The van der Waals surface area contributed by atoms with Crippen LogP contribution in [0.25, 0.3) is 22.3 Å². The Kier molecular flexibility index (Phi) is 5.69. The molecule has 180 valence electrons. The Labute approximate surface area is 203 Å². The van der Waals surface area contributed by atoms with Crippen molar-refractivity contribution in [3.05, 3.63) is 60.2 Å². The van der Waals surface area contributed by atoms with Crippen LogP contribution < -0.4 is 4.90 Å². The van der Waals surface area contributed by atoms with Crippen molar-refractivity contribution in [2.24, 2.45) is 0 Å². The van der Waals surface area contributed by atoms with Crippen LogP contribution in [0.4, 0.5) is 5.82 Å². The van der Waals surface area contributed by atoms with E-state index in [-0.39, 0.29) is 11.9 Å². The summed E-state index contributed by atoms with van der Waals surface area (Å²) in [6.45, 7) is 6.42. The maximum Gasteiger partial charge on any atom is 0.244 e. The zero-order valence-electron chi connectivity index (χ0n) is 19.9. The summed E-state index contributed by atoms with van der Waals surface area (Å²) in [4.78, 5) is 30.8. The molecular weight excluding hydrogens is 442 g/mol. The number of hydrogen-bond acceptors (Lipinski definition) is 7. The number of piperazine rings is 1. The normalized spacial score (nSPS) is 19.1. The Morgan fingerprint density at radius 2 is 2.00 bits per heavy atom. The maximum atomic E-state index is 11.6. The summed E-state index contributed by atoms with van der Waals surface area (Å²) in [6, 6.07) is 12.5. The second kappa shape index (κ2) is 9.14. The van der Waals surface area contributed by atoms with Gasteiger partial charge in [0.2, 0.25) is 17.6 Å². The van der Waals surface area contributed by atoms with E-state index in [1.54, 1.807) is 13.1 Å². The fraction of sp³-hybridized carbons (Fsp3) is 0.385. The number of para-hydroxylation sites is 1. The molecule has 6 rings (SSSR count). The predicted octanol–water partition coefficient (Wildman–Crippen LogP) is 3.62. The zero-order valence-corrected chi connectivity index (χ0v) is 19.9. The standard InChI is InChI=1S/C26H29N7O2/c1-18(34)31-11-13-32(14-12-31)24-15-19(8-9-27-24)25-29-26(35-30-25)23-7-4-10-33(23)17-20-16-28-22-6-3-2-5-21(20)22/h2-3,5-6,8-9,15-16,23,28H,4,7,10-14,17H2,1H3. The summed E-state index contributed by atoms with van der Waals surface area (Å²) in [5.74, 6) is 2.26. The van der Waals surface area contributed by atoms with Gasteiger partial charge >= 0.3 is 0 Å². The summed E-state index contributed by atoms with van der Waals surface area (Å²) in [7, 11) is 0. The lowest BCUT2D eigenvalue weighted by Crippen LogP contribution is -2.48. The van der Waals surface area contributed by atoms with E-state index in [0.717, 1.165) is 55.9 Å². The van der Waals surface area contributed by atoms with Gasteiger partial charge in [-0.1, -0.05) is 23.4 Å². The highest BCUT2D eigenvalue weighted by Gasteiger charge is 2.31. The summed E-state index contributed by atoms with van der Waals surface area (Å²) in [5.41, 5.74) is 3.34. The SMILES string of the molecule is CC(=O)N1CCN(c2cc(-c3noc(C4CCCN4Cc4c[nH]c5ccccc45)n3)ccn2)CC1. The number of hydrogen-bond donors (Lipinski definition) is 1. The first kappa shape index (κ1) is 21.8. The van der Waals surface area contributed by atoms with Gasteiger partial charge in [0.05, 0.1) is 6.04 Å². The fourth-order valence-corrected chi connectivity index (χ4v) is 5.24. The van der Waals surface area contributed by atoms with E-state index in [1.807, 2.05) is 17.0 Å². The average molecular weight is 472 g/mol. The molecule has 3 aromatic heterocycles. The molecule has 35 heavy (non-hydrogen) atoms. The number of carbonyl (C=O) groups excluding carboxylic acids is 1. The van der Waals surface area contributed by atoms with Crippen molar-refractivity contribution in [2.75, 3.05) is 37.6 Å². The van der Waals surface area contributed by atoms with E-state index in [2.05, 4.69) is 55.4 Å². The number of amides is 1. The smallest absolute Gasteiger partial charge is 0.244 e. The molecule has 1 atom stereocenters. The molecule has 0 spiro atoms. The number of carbonyl (C=O) groups is 1. The van der Waals surface area contributed by atoms with E-state index in [9.17, 15) is 4.79 Å². The molecule has 2 saturated heterocycles. The number of aromatic amines is 1. The third-order valence-electron chi connectivity index (χ3n) is 7.19. The number of H-pyrrole nitrogens is 1. The molecule has 2 aliphatic heterocycles. The van der Waals surface area contributed by atoms with Crippen LogP contribution in [0.3, 0.4) is 0 Å². The van der Waals surface area contributed by atoms with Crippen molar-refractivity contribution in [1.82, 2.24) is 29.9 Å². The molecule has 9 heteroatoms. The molecule has 0 radical (unpaired) electrons. The summed E-state index contributed by atoms with van der Waals surface area (Å²) in [5, 5.41) is 5.58. The van der Waals surface area contributed by atoms with E-state index in [1.165, 1.54) is 10.9 Å². The van der Waals surface area contributed by atoms with Crippen LogP contribution in [0.1, 0.15) is 37.3 Å². The van der Waals surface area contributed by atoms with E-state index in [4.69, 9.17) is 9.51 Å². The van der Waals surface area contributed by atoms with Gasteiger partial charge in [-0.15, -0.1) is 0 Å².